The van der Waals surface area contributed by atoms with Gasteiger partial charge in [0.25, 0.3) is 0 Å². The van der Waals surface area contributed by atoms with Crippen LogP contribution in [0.1, 0.15) is 17.5 Å². The van der Waals surface area contributed by atoms with E-state index < -0.39 is 0 Å². The summed E-state index contributed by atoms with van der Waals surface area (Å²) in [4.78, 5) is 10.9. The summed E-state index contributed by atoms with van der Waals surface area (Å²) in [6.07, 6.45) is 2.85. The van der Waals surface area contributed by atoms with Crippen LogP contribution in [0, 0.1) is 6.92 Å². The first kappa shape index (κ1) is 16.2. The van der Waals surface area contributed by atoms with Crippen molar-refractivity contribution in [2.45, 2.75) is 19.9 Å². The molecule has 118 valence electrons. The van der Waals surface area contributed by atoms with Crippen LogP contribution in [0.2, 0.25) is 0 Å². The minimum atomic E-state index is 0.675. The Morgan fingerprint density at radius 1 is 1.09 bits per heavy atom. The minimum Gasteiger partial charge on any atom is -0.366 e. The van der Waals surface area contributed by atoms with Crippen LogP contribution in [0.25, 0.3) is 0 Å². The first-order chi connectivity index (χ1) is 10.6. The Hall–Kier alpha value is -2.14. The van der Waals surface area contributed by atoms with Crippen molar-refractivity contribution in [3.8, 4) is 0 Å². The Kier molecular flexibility index (Phi) is 6.15. The standard InChI is InChI=1S/C17H25N5/c1-14-7-4-5-8-15(14)13-20-16-9-11-19-17(21-16)18-10-6-12-22(2)3/h4-5,7-9,11H,6,10,12-13H2,1-3H3,(H2,18,19,20,21). The van der Waals surface area contributed by atoms with Gasteiger partial charge in [0.1, 0.15) is 5.82 Å². The van der Waals surface area contributed by atoms with Crippen molar-refractivity contribution in [3.63, 3.8) is 0 Å². The smallest absolute Gasteiger partial charge is 0.224 e. The van der Waals surface area contributed by atoms with Gasteiger partial charge < -0.3 is 15.5 Å². The Labute approximate surface area is 132 Å². The molecule has 0 aliphatic carbocycles. The molecule has 2 aromatic rings. The molecule has 0 spiro atoms. The maximum absolute atomic E-state index is 4.49. The molecule has 1 heterocycles. The Bertz CT molecular complexity index is 583. The zero-order valence-corrected chi connectivity index (χ0v) is 13.6. The number of benzene rings is 1. The lowest BCUT2D eigenvalue weighted by Crippen LogP contribution is -2.17. The maximum atomic E-state index is 4.49. The molecule has 0 aliphatic heterocycles. The highest BCUT2D eigenvalue weighted by atomic mass is 15.1. The van der Waals surface area contributed by atoms with Gasteiger partial charge in [0, 0.05) is 19.3 Å². The van der Waals surface area contributed by atoms with Crippen LogP contribution >= 0.6 is 0 Å². The highest BCUT2D eigenvalue weighted by Gasteiger charge is 2.01. The van der Waals surface area contributed by atoms with Crippen molar-refractivity contribution in [1.29, 1.82) is 0 Å². The second-order valence-corrected chi connectivity index (χ2v) is 5.63. The van der Waals surface area contributed by atoms with Crippen molar-refractivity contribution in [3.05, 3.63) is 47.7 Å². The molecule has 0 saturated heterocycles. The van der Waals surface area contributed by atoms with Gasteiger partial charge in [0.05, 0.1) is 0 Å². The van der Waals surface area contributed by atoms with Crippen molar-refractivity contribution in [1.82, 2.24) is 14.9 Å². The molecule has 1 aromatic heterocycles. The van der Waals surface area contributed by atoms with E-state index in [1.54, 1.807) is 6.20 Å². The van der Waals surface area contributed by atoms with Crippen LogP contribution in [0.15, 0.2) is 36.5 Å². The normalized spacial score (nSPS) is 10.7. The van der Waals surface area contributed by atoms with Gasteiger partial charge in [-0.05, 0) is 51.2 Å². The van der Waals surface area contributed by atoms with Crippen LogP contribution < -0.4 is 10.6 Å². The van der Waals surface area contributed by atoms with Crippen molar-refractivity contribution < 1.29 is 0 Å². The number of aromatic nitrogens is 2. The van der Waals surface area contributed by atoms with Gasteiger partial charge in [-0.3, -0.25) is 0 Å². The lowest BCUT2D eigenvalue weighted by Gasteiger charge is -2.11. The predicted octanol–water partition coefficient (Wildman–Crippen LogP) is 2.76. The number of hydrogen-bond donors (Lipinski definition) is 2. The van der Waals surface area contributed by atoms with E-state index in [1.165, 1.54) is 11.1 Å². The number of nitrogens with one attached hydrogen (secondary N) is 2. The van der Waals surface area contributed by atoms with Crippen LogP contribution in [-0.4, -0.2) is 42.1 Å². The number of anilines is 2. The van der Waals surface area contributed by atoms with E-state index in [0.29, 0.717) is 5.95 Å². The SMILES string of the molecule is Cc1ccccc1CNc1ccnc(NCCCN(C)C)n1. The van der Waals surface area contributed by atoms with Gasteiger partial charge in [0.2, 0.25) is 5.95 Å². The maximum Gasteiger partial charge on any atom is 0.224 e. The molecule has 0 radical (unpaired) electrons. The van der Waals surface area contributed by atoms with E-state index in [4.69, 9.17) is 0 Å². The summed E-state index contributed by atoms with van der Waals surface area (Å²) in [5.41, 5.74) is 2.56. The predicted molar refractivity (Wildman–Crippen MR) is 92.2 cm³/mol. The second-order valence-electron chi connectivity index (χ2n) is 5.63. The fourth-order valence-electron chi connectivity index (χ4n) is 2.13. The molecule has 0 fully saturated rings. The average Bonchev–Trinajstić information content (AvgIpc) is 2.51. The van der Waals surface area contributed by atoms with Gasteiger partial charge >= 0.3 is 0 Å². The molecule has 2 N–H and O–H groups in total. The fraction of sp³-hybridized carbons (Fsp3) is 0.412. The number of hydrogen-bond acceptors (Lipinski definition) is 5. The molecule has 2 rings (SSSR count). The molecular formula is C17H25N5. The van der Waals surface area contributed by atoms with E-state index in [2.05, 4.69) is 70.8 Å². The van der Waals surface area contributed by atoms with Gasteiger partial charge in [-0.25, -0.2) is 4.98 Å². The number of rotatable bonds is 8. The third-order valence-corrected chi connectivity index (χ3v) is 3.44. The summed E-state index contributed by atoms with van der Waals surface area (Å²) in [6.45, 7) is 4.82. The van der Waals surface area contributed by atoms with Gasteiger partial charge in [-0.15, -0.1) is 0 Å². The van der Waals surface area contributed by atoms with E-state index >= 15 is 0 Å². The summed E-state index contributed by atoms with van der Waals surface area (Å²) in [5, 5.41) is 6.61. The van der Waals surface area contributed by atoms with Crippen molar-refractivity contribution in [2.75, 3.05) is 37.8 Å². The first-order valence-electron chi connectivity index (χ1n) is 7.65. The quantitative estimate of drug-likeness (QED) is 0.734. The van der Waals surface area contributed by atoms with Crippen LogP contribution in [0.3, 0.4) is 0 Å². The Morgan fingerprint density at radius 2 is 1.91 bits per heavy atom. The average molecular weight is 299 g/mol. The third kappa shape index (κ3) is 5.33. The molecule has 1 aromatic carbocycles. The minimum absolute atomic E-state index is 0.675. The van der Waals surface area contributed by atoms with Crippen molar-refractivity contribution >= 4 is 11.8 Å². The van der Waals surface area contributed by atoms with Gasteiger partial charge in [-0.1, -0.05) is 24.3 Å². The van der Waals surface area contributed by atoms with E-state index in [0.717, 1.165) is 31.9 Å². The number of aryl methyl sites for hydroxylation is 1. The van der Waals surface area contributed by atoms with Crippen LogP contribution in [0.4, 0.5) is 11.8 Å². The molecule has 5 heteroatoms. The molecule has 22 heavy (non-hydrogen) atoms. The Balaban J connectivity index is 1.85. The summed E-state index contributed by atoms with van der Waals surface area (Å²) in [7, 11) is 4.15. The monoisotopic (exact) mass is 299 g/mol. The lowest BCUT2D eigenvalue weighted by atomic mass is 10.1. The molecule has 0 atom stereocenters. The van der Waals surface area contributed by atoms with Gasteiger partial charge in [-0.2, -0.15) is 4.98 Å². The molecule has 0 aliphatic rings. The summed E-state index contributed by atoms with van der Waals surface area (Å²) in [6, 6.07) is 10.3. The molecular weight excluding hydrogens is 274 g/mol. The van der Waals surface area contributed by atoms with Gasteiger partial charge in [0.15, 0.2) is 0 Å². The number of nitrogens with zero attached hydrogens (tertiary/aromatic N) is 3. The van der Waals surface area contributed by atoms with Crippen LogP contribution in [0.5, 0.6) is 0 Å². The lowest BCUT2D eigenvalue weighted by molar-refractivity contribution is 0.405. The van der Waals surface area contributed by atoms with E-state index in [-0.39, 0.29) is 0 Å². The molecule has 0 saturated carbocycles. The molecule has 0 bridgehead atoms. The fourth-order valence-corrected chi connectivity index (χ4v) is 2.13. The zero-order chi connectivity index (χ0) is 15.8. The largest absolute Gasteiger partial charge is 0.366 e. The topological polar surface area (TPSA) is 53.1 Å². The van der Waals surface area contributed by atoms with Crippen molar-refractivity contribution in [2.24, 2.45) is 0 Å². The Morgan fingerprint density at radius 3 is 2.68 bits per heavy atom. The summed E-state index contributed by atoms with van der Waals surface area (Å²) in [5.74, 6) is 1.52. The zero-order valence-electron chi connectivity index (χ0n) is 13.6. The molecule has 0 amide bonds. The second kappa shape index (κ2) is 8.34. The van der Waals surface area contributed by atoms with E-state index in [1.807, 2.05) is 6.07 Å². The summed E-state index contributed by atoms with van der Waals surface area (Å²) >= 11 is 0. The highest BCUT2D eigenvalue weighted by Crippen LogP contribution is 2.11. The molecule has 5 nitrogen and oxygen atoms in total. The molecule has 0 unspecified atom stereocenters. The summed E-state index contributed by atoms with van der Waals surface area (Å²) < 4.78 is 0. The first-order valence-corrected chi connectivity index (χ1v) is 7.65. The van der Waals surface area contributed by atoms with E-state index in [9.17, 15) is 0 Å². The van der Waals surface area contributed by atoms with Crippen LogP contribution in [-0.2, 0) is 6.54 Å². The highest BCUT2D eigenvalue weighted by molar-refractivity contribution is 5.41. The third-order valence-electron chi connectivity index (χ3n) is 3.44.